The molecule has 1 heterocycles. The van der Waals surface area contributed by atoms with Gasteiger partial charge in [0.25, 0.3) is 5.91 Å². The Hall–Kier alpha value is -3.40. The number of carbonyl (C=O) groups is 3. The zero-order chi connectivity index (χ0) is 24.8. The van der Waals surface area contributed by atoms with E-state index in [1.807, 2.05) is 0 Å². The normalized spacial score (nSPS) is 11.0. The second-order valence-corrected chi connectivity index (χ2v) is 7.85. The largest absolute Gasteiger partial charge is 0.497 e. The van der Waals surface area contributed by atoms with Gasteiger partial charge in [-0.3, -0.25) is 14.2 Å². The Morgan fingerprint density at radius 3 is 2.32 bits per heavy atom. The molecule has 0 fully saturated rings. The molecule has 34 heavy (non-hydrogen) atoms. The zero-order valence-corrected chi connectivity index (χ0v) is 19.4. The Labute approximate surface area is 200 Å². The first-order valence-electron chi connectivity index (χ1n) is 10.3. The van der Waals surface area contributed by atoms with Crippen molar-refractivity contribution < 1.29 is 38.8 Å². The molecule has 180 valence electrons. The Kier molecular flexibility index (Phi) is 8.27. The minimum Gasteiger partial charge on any atom is -0.497 e. The van der Waals surface area contributed by atoms with Crippen LogP contribution in [-0.2, 0) is 25.5 Å². The topological polar surface area (TPSA) is 124 Å². The van der Waals surface area contributed by atoms with Crippen LogP contribution in [0.15, 0.2) is 42.5 Å². The summed E-state index contributed by atoms with van der Waals surface area (Å²) in [5, 5.41) is 19.1. The van der Waals surface area contributed by atoms with Crippen molar-refractivity contribution in [1.29, 1.82) is 0 Å². The number of hydrogen-bond acceptors (Lipinski definition) is 8. The quantitative estimate of drug-likeness (QED) is 0.439. The van der Waals surface area contributed by atoms with E-state index < -0.39 is 37.9 Å². The molecular formula is C24H24ClNO8. The molecule has 0 amide bonds. The van der Waals surface area contributed by atoms with Crippen molar-refractivity contribution in [3.05, 3.63) is 64.3 Å². The lowest BCUT2D eigenvalue weighted by molar-refractivity contribution is -0.164. The van der Waals surface area contributed by atoms with Gasteiger partial charge in [-0.25, -0.2) is 4.79 Å². The van der Waals surface area contributed by atoms with Crippen molar-refractivity contribution in [2.75, 3.05) is 26.9 Å². The van der Waals surface area contributed by atoms with Crippen molar-refractivity contribution in [3.8, 4) is 5.75 Å². The molecule has 0 bridgehead atoms. The predicted octanol–water partition coefficient (Wildman–Crippen LogP) is 2.28. The molecule has 10 heteroatoms. The fourth-order valence-electron chi connectivity index (χ4n) is 3.48. The van der Waals surface area contributed by atoms with Crippen LogP contribution in [0.4, 0.5) is 0 Å². The molecule has 2 aromatic carbocycles. The summed E-state index contributed by atoms with van der Waals surface area (Å²) in [6.45, 7) is -0.0823. The van der Waals surface area contributed by atoms with E-state index >= 15 is 0 Å². The van der Waals surface area contributed by atoms with Crippen LogP contribution in [0.1, 0.15) is 21.6 Å². The van der Waals surface area contributed by atoms with Crippen LogP contribution < -0.4 is 4.74 Å². The van der Waals surface area contributed by atoms with E-state index in [2.05, 4.69) is 0 Å². The highest BCUT2D eigenvalue weighted by Crippen LogP contribution is 2.31. The fraction of sp³-hybridized carbons (Fsp3) is 0.292. The van der Waals surface area contributed by atoms with E-state index in [9.17, 15) is 14.4 Å². The van der Waals surface area contributed by atoms with E-state index in [1.165, 1.54) is 11.7 Å². The number of aliphatic hydroxyl groups is 2. The monoisotopic (exact) mass is 489 g/mol. The molecule has 3 aromatic rings. The number of aliphatic hydroxyl groups excluding tert-OH is 2. The Morgan fingerprint density at radius 1 is 1.03 bits per heavy atom. The van der Waals surface area contributed by atoms with Crippen molar-refractivity contribution >= 4 is 40.3 Å². The number of aromatic nitrogens is 1. The molecule has 0 saturated heterocycles. The third-order valence-electron chi connectivity index (χ3n) is 5.21. The number of carbonyl (C=O) groups excluding carboxylic acids is 3. The number of esters is 2. The fourth-order valence-corrected chi connectivity index (χ4v) is 3.61. The smallest absolute Gasteiger partial charge is 0.344 e. The van der Waals surface area contributed by atoms with Crippen LogP contribution in [-0.4, -0.2) is 65.7 Å². The lowest BCUT2D eigenvalue weighted by atomic mass is 10.1. The van der Waals surface area contributed by atoms with Gasteiger partial charge in [0.2, 0.25) is 0 Å². The summed E-state index contributed by atoms with van der Waals surface area (Å²) >= 11 is 5.94. The number of nitrogens with zero attached hydrogens (tertiary/aromatic N) is 1. The van der Waals surface area contributed by atoms with E-state index in [1.54, 1.807) is 49.4 Å². The lowest BCUT2D eigenvalue weighted by Crippen LogP contribution is -2.28. The summed E-state index contributed by atoms with van der Waals surface area (Å²) in [5.41, 5.74) is 2.06. The maximum absolute atomic E-state index is 13.3. The van der Waals surface area contributed by atoms with Crippen molar-refractivity contribution in [2.45, 2.75) is 19.4 Å². The Morgan fingerprint density at radius 2 is 1.71 bits per heavy atom. The Balaban J connectivity index is 1.89. The van der Waals surface area contributed by atoms with Gasteiger partial charge in [-0.1, -0.05) is 11.6 Å². The van der Waals surface area contributed by atoms with Gasteiger partial charge in [-0.05, 0) is 55.0 Å². The van der Waals surface area contributed by atoms with E-state index in [0.29, 0.717) is 38.5 Å². The average molecular weight is 490 g/mol. The van der Waals surface area contributed by atoms with Gasteiger partial charge in [0.05, 0.1) is 32.3 Å². The van der Waals surface area contributed by atoms with Gasteiger partial charge in [0.15, 0.2) is 6.61 Å². The lowest BCUT2D eigenvalue weighted by Gasteiger charge is -2.12. The van der Waals surface area contributed by atoms with Gasteiger partial charge in [0.1, 0.15) is 11.9 Å². The number of ether oxygens (including phenoxy) is 3. The summed E-state index contributed by atoms with van der Waals surface area (Å²) in [6.07, 6.45) is -1.30. The van der Waals surface area contributed by atoms with E-state index in [4.69, 9.17) is 36.0 Å². The molecule has 9 nitrogen and oxygen atoms in total. The molecule has 0 aliphatic carbocycles. The third-order valence-corrected chi connectivity index (χ3v) is 5.47. The molecule has 0 unspecified atom stereocenters. The third kappa shape index (κ3) is 5.56. The highest BCUT2D eigenvalue weighted by atomic mass is 35.5. The van der Waals surface area contributed by atoms with E-state index in [0.717, 1.165) is 0 Å². The van der Waals surface area contributed by atoms with E-state index in [-0.39, 0.29) is 12.3 Å². The standard InChI is InChI=1S/C24H24ClNO8/c1-14-19(10-22(29)33-13-23(30)34-18(11-27)12-28)20-9-17(32-2)7-8-21(20)26(14)24(31)15-3-5-16(25)6-4-15/h3-9,18,27-28H,10-13H2,1-2H3. The average Bonchev–Trinajstić information content (AvgIpc) is 3.11. The molecule has 0 saturated carbocycles. The first-order valence-corrected chi connectivity index (χ1v) is 10.7. The zero-order valence-electron chi connectivity index (χ0n) is 18.6. The Bertz CT molecular complexity index is 1200. The second-order valence-electron chi connectivity index (χ2n) is 7.41. The van der Waals surface area contributed by atoms with Crippen molar-refractivity contribution in [2.24, 2.45) is 0 Å². The van der Waals surface area contributed by atoms with Gasteiger partial charge >= 0.3 is 11.9 Å². The summed E-state index contributed by atoms with van der Waals surface area (Å²) in [4.78, 5) is 37.6. The number of fused-ring (bicyclic) bond motifs is 1. The number of halogens is 1. The van der Waals surface area contributed by atoms with Gasteiger partial charge in [-0.15, -0.1) is 0 Å². The second kappa shape index (κ2) is 11.1. The van der Waals surface area contributed by atoms with Crippen LogP contribution in [0.3, 0.4) is 0 Å². The number of hydrogen-bond donors (Lipinski definition) is 2. The van der Waals surface area contributed by atoms with Gasteiger partial charge in [-0.2, -0.15) is 0 Å². The molecule has 0 aliphatic rings. The molecule has 0 aliphatic heterocycles. The maximum atomic E-state index is 13.3. The van der Waals surface area contributed by atoms with Crippen LogP contribution in [0, 0.1) is 6.92 Å². The minimum absolute atomic E-state index is 0.215. The summed E-state index contributed by atoms with van der Waals surface area (Å²) in [5.74, 6) is -1.38. The number of benzene rings is 2. The SMILES string of the molecule is COc1ccc2c(c1)c(CC(=O)OCC(=O)OC(CO)CO)c(C)n2C(=O)c1ccc(Cl)cc1. The summed E-state index contributed by atoms with van der Waals surface area (Å²) in [7, 11) is 1.51. The van der Waals surface area contributed by atoms with Crippen molar-refractivity contribution in [1.82, 2.24) is 4.57 Å². The molecule has 0 atom stereocenters. The molecule has 3 rings (SSSR count). The van der Waals surface area contributed by atoms with Gasteiger partial charge < -0.3 is 24.4 Å². The van der Waals surface area contributed by atoms with Gasteiger partial charge in [0, 0.05) is 21.7 Å². The summed E-state index contributed by atoms with van der Waals surface area (Å²) in [6, 6.07) is 11.6. The first-order chi connectivity index (χ1) is 16.3. The highest BCUT2D eigenvalue weighted by molar-refractivity contribution is 6.30. The van der Waals surface area contributed by atoms with Crippen LogP contribution in [0.5, 0.6) is 5.75 Å². The highest BCUT2D eigenvalue weighted by Gasteiger charge is 2.23. The van der Waals surface area contributed by atoms with Crippen LogP contribution in [0.2, 0.25) is 5.02 Å². The molecule has 0 radical (unpaired) electrons. The maximum Gasteiger partial charge on any atom is 0.344 e. The minimum atomic E-state index is -1.09. The number of methoxy groups -OCH3 is 1. The predicted molar refractivity (Wildman–Crippen MR) is 123 cm³/mol. The number of rotatable bonds is 9. The van der Waals surface area contributed by atoms with Crippen LogP contribution in [0.25, 0.3) is 10.9 Å². The molecule has 0 spiro atoms. The first kappa shape index (κ1) is 25.2. The van der Waals surface area contributed by atoms with Crippen LogP contribution >= 0.6 is 11.6 Å². The summed E-state index contributed by atoms with van der Waals surface area (Å²) < 4.78 is 16.6. The molecular weight excluding hydrogens is 466 g/mol. The van der Waals surface area contributed by atoms with Crippen molar-refractivity contribution in [3.63, 3.8) is 0 Å². The molecule has 2 N–H and O–H groups in total. The molecule has 1 aromatic heterocycles.